The van der Waals surface area contributed by atoms with Crippen molar-refractivity contribution < 1.29 is 17.6 Å². The maximum Gasteiger partial charge on any atom is 0.411 e. The summed E-state index contributed by atoms with van der Waals surface area (Å²) in [7, 11) is 0. The van der Waals surface area contributed by atoms with Gasteiger partial charge in [-0.1, -0.05) is 0 Å². The minimum atomic E-state index is -4.43. The van der Waals surface area contributed by atoms with Gasteiger partial charge in [-0.05, 0) is 12.1 Å². The van der Waals surface area contributed by atoms with E-state index in [-0.39, 0.29) is 18.3 Å². The number of nitrogens with zero attached hydrogens (tertiary/aromatic N) is 3. The Hall–Kier alpha value is -2.19. The first-order valence-electron chi connectivity index (χ1n) is 5.54. The molecule has 3 rings (SSSR count). The minimum Gasteiger partial charge on any atom is -0.467 e. The molecule has 2 atom stereocenters. The Morgan fingerprint density at radius 3 is 2.89 bits per heavy atom. The van der Waals surface area contributed by atoms with Crippen molar-refractivity contribution in [3.63, 3.8) is 0 Å². The summed E-state index contributed by atoms with van der Waals surface area (Å²) < 4.78 is 45.1. The van der Waals surface area contributed by atoms with Crippen molar-refractivity contribution in [2.75, 3.05) is 11.1 Å². The highest BCUT2D eigenvalue weighted by molar-refractivity contribution is 5.37. The third-order valence-corrected chi connectivity index (χ3v) is 2.97. The summed E-state index contributed by atoms with van der Waals surface area (Å²) in [6, 6.07) is 0.842. The molecule has 0 radical (unpaired) electrons. The van der Waals surface area contributed by atoms with Crippen LogP contribution in [0, 0.1) is 0 Å². The molecular weight excluding hydrogens is 263 g/mol. The van der Waals surface area contributed by atoms with E-state index in [1.807, 2.05) is 0 Å². The maximum atomic E-state index is 13.1. The molecule has 6 nitrogen and oxygen atoms in total. The normalized spacial score (nSPS) is 22.9. The zero-order chi connectivity index (χ0) is 13.6. The van der Waals surface area contributed by atoms with Gasteiger partial charge in [-0.25, -0.2) is 4.68 Å². The summed E-state index contributed by atoms with van der Waals surface area (Å²) in [6.07, 6.45) is -3.25. The molecule has 0 unspecified atom stereocenters. The number of rotatable bonds is 1. The summed E-state index contributed by atoms with van der Waals surface area (Å²) >= 11 is 0. The number of nitrogen functional groups attached to an aromatic ring is 1. The minimum absolute atomic E-state index is 0.00697. The van der Waals surface area contributed by atoms with E-state index in [0.29, 0.717) is 5.76 Å². The Morgan fingerprint density at radius 1 is 1.47 bits per heavy atom. The number of hydrogen-bond donors (Lipinski definition) is 2. The van der Waals surface area contributed by atoms with E-state index >= 15 is 0 Å². The quantitative estimate of drug-likeness (QED) is 0.831. The number of aromatic nitrogens is 3. The van der Waals surface area contributed by atoms with E-state index in [2.05, 4.69) is 15.4 Å². The van der Waals surface area contributed by atoms with E-state index in [4.69, 9.17) is 10.2 Å². The molecule has 9 heteroatoms. The lowest BCUT2D eigenvalue weighted by Gasteiger charge is -2.31. The van der Waals surface area contributed by atoms with Crippen LogP contribution in [-0.2, 0) is 0 Å². The van der Waals surface area contributed by atoms with Crippen LogP contribution in [0.5, 0.6) is 0 Å². The van der Waals surface area contributed by atoms with E-state index in [1.165, 1.54) is 6.26 Å². The van der Waals surface area contributed by atoms with Crippen LogP contribution >= 0.6 is 0 Å². The van der Waals surface area contributed by atoms with Crippen molar-refractivity contribution in [3.05, 3.63) is 24.2 Å². The van der Waals surface area contributed by atoms with E-state index < -0.39 is 18.3 Å². The third kappa shape index (κ3) is 2.00. The molecule has 0 saturated heterocycles. The SMILES string of the molecule is Nc1nc2n(n1)[C@@H](C(F)(F)F)C[C@@H](c1ccco1)N2. The molecule has 3 heterocycles. The van der Waals surface area contributed by atoms with Gasteiger partial charge in [0, 0.05) is 6.42 Å². The molecule has 1 aliphatic rings. The summed E-state index contributed by atoms with van der Waals surface area (Å²) in [4.78, 5) is 3.75. The number of furan rings is 1. The van der Waals surface area contributed by atoms with Crippen molar-refractivity contribution in [2.24, 2.45) is 0 Å². The molecule has 0 saturated carbocycles. The Bertz CT molecular complexity index is 576. The van der Waals surface area contributed by atoms with Crippen LogP contribution < -0.4 is 11.1 Å². The zero-order valence-corrected chi connectivity index (χ0v) is 9.55. The fourth-order valence-electron chi connectivity index (χ4n) is 2.14. The lowest BCUT2D eigenvalue weighted by atomic mass is 10.0. The Labute approximate surface area is 105 Å². The first-order chi connectivity index (χ1) is 8.95. The first kappa shape index (κ1) is 11.9. The van der Waals surface area contributed by atoms with Crippen LogP contribution in [0.15, 0.2) is 22.8 Å². The highest BCUT2D eigenvalue weighted by Crippen LogP contribution is 2.42. The molecule has 19 heavy (non-hydrogen) atoms. The standard InChI is InChI=1S/C10H10F3N5O/c11-10(12,13)7-4-5(6-2-1-3-19-6)15-9-16-8(14)17-18(7)9/h1-3,5,7H,4H2,(H3,14,15,16,17)/t5-,7+/m0/s1. The largest absolute Gasteiger partial charge is 0.467 e. The zero-order valence-electron chi connectivity index (χ0n) is 9.55. The van der Waals surface area contributed by atoms with Crippen molar-refractivity contribution in [1.82, 2.24) is 14.8 Å². The van der Waals surface area contributed by atoms with E-state index in [1.54, 1.807) is 12.1 Å². The fraction of sp³-hybridized carbons (Fsp3) is 0.400. The summed E-state index contributed by atoms with van der Waals surface area (Å²) in [5.74, 6) is 0.214. The van der Waals surface area contributed by atoms with Crippen LogP contribution in [0.1, 0.15) is 24.3 Å². The van der Waals surface area contributed by atoms with Crippen LogP contribution in [0.2, 0.25) is 0 Å². The van der Waals surface area contributed by atoms with Gasteiger partial charge in [0.15, 0.2) is 6.04 Å². The van der Waals surface area contributed by atoms with E-state index in [0.717, 1.165) is 4.68 Å². The summed E-state index contributed by atoms with van der Waals surface area (Å²) in [6.45, 7) is 0. The smallest absolute Gasteiger partial charge is 0.411 e. The van der Waals surface area contributed by atoms with Crippen molar-refractivity contribution >= 4 is 11.9 Å². The second kappa shape index (κ2) is 3.90. The van der Waals surface area contributed by atoms with Crippen LogP contribution in [0.3, 0.4) is 0 Å². The van der Waals surface area contributed by atoms with Gasteiger partial charge in [-0.15, -0.1) is 5.10 Å². The number of hydrogen-bond acceptors (Lipinski definition) is 5. The Morgan fingerprint density at radius 2 is 2.26 bits per heavy atom. The molecule has 0 fully saturated rings. The van der Waals surface area contributed by atoms with Gasteiger partial charge in [0.05, 0.1) is 12.3 Å². The number of halogens is 3. The lowest BCUT2D eigenvalue weighted by Crippen LogP contribution is -2.35. The molecule has 0 bridgehead atoms. The second-order valence-corrected chi connectivity index (χ2v) is 4.24. The molecular formula is C10H10F3N5O. The van der Waals surface area contributed by atoms with Crippen LogP contribution in [-0.4, -0.2) is 20.9 Å². The topological polar surface area (TPSA) is 81.9 Å². The molecule has 2 aromatic rings. The molecule has 0 aromatic carbocycles. The Kier molecular flexibility index (Phi) is 2.44. The fourth-order valence-corrected chi connectivity index (χ4v) is 2.14. The van der Waals surface area contributed by atoms with Gasteiger partial charge in [-0.2, -0.15) is 18.2 Å². The van der Waals surface area contributed by atoms with Crippen molar-refractivity contribution in [2.45, 2.75) is 24.7 Å². The number of nitrogens with one attached hydrogen (secondary N) is 1. The highest BCUT2D eigenvalue weighted by Gasteiger charge is 2.47. The maximum absolute atomic E-state index is 13.1. The molecule has 3 N–H and O–H groups in total. The number of alkyl halides is 3. The predicted octanol–water partition coefficient (Wildman–Crippen LogP) is 2.11. The molecule has 0 spiro atoms. The van der Waals surface area contributed by atoms with Crippen LogP contribution in [0.25, 0.3) is 0 Å². The van der Waals surface area contributed by atoms with Gasteiger partial charge in [0.1, 0.15) is 5.76 Å². The van der Waals surface area contributed by atoms with Gasteiger partial charge < -0.3 is 15.5 Å². The summed E-state index contributed by atoms with van der Waals surface area (Å²) in [5.41, 5.74) is 5.35. The lowest BCUT2D eigenvalue weighted by molar-refractivity contribution is -0.174. The number of nitrogens with two attached hydrogens (primary N) is 1. The monoisotopic (exact) mass is 273 g/mol. The first-order valence-corrected chi connectivity index (χ1v) is 5.54. The van der Waals surface area contributed by atoms with Gasteiger partial charge >= 0.3 is 6.18 Å². The summed E-state index contributed by atoms with van der Waals surface area (Å²) in [5, 5.41) is 6.42. The molecule has 2 aromatic heterocycles. The van der Waals surface area contributed by atoms with Gasteiger partial charge in [0.25, 0.3) is 0 Å². The third-order valence-electron chi connectivity index (χ3n) is 2.97. The number of fused-ring (bicyclic) bond motifs is 1. The second-order valence-electron chi connectivity index (χ2n) is 4.24. The Balaban J connectivity index is 2.01. The molecule has 0 aliphatic carbocycles. The van der Waals surface area contributed by atoms with Crippen LogP contribution in [0.4, 0.5) is 25.1 Å². The van der Waals surface area contributed by atoms with E-state index in [9.17, 15) is 13.2 Å². The van der Waals surface area contributed by atoms with Gasteiger partial charge in [-0.3, -0.25) is 0 Å². The number of anilines is 2. The average Bonchev–Trinajstić information content (AvgIpc) is 2.92. The highest BCUT2D eigenvalue weighted by atomic mass is 19.4. The van der Waals surface area contributed by atoms with Crippen molar-refractivity contribution in [1.29, 1.82) is 0 Å². The average molecular weight is 273 g/mol. The molecule has 0 amide bonds. The predicted molar refractivity (Wildman–Crippen MR) is 59.2 cm³/mol. The van der Waals surface area contributed by atoms with Crippen molar-refractivity contribution in [3.8, 4) is 0 Å². The molecule has 102 valence electrons. The van der Waals surface area contributed by atoms with Gasteiger partial charge in [0.2, 0.25) is 11.9 Å². The molecule has 1 aliphatic heterocycles.